The van der Waals surface area contributed by atoms with Crippen LogP contribution in [0.1, 0.15) is 39.0 Å². The molecular formula is C14H28N2O2S2. The van der Waals surface area contributed by atoms with Crippen LogP contribution in [0.3, 0.4) is 0 Å². The van der Waals surface area contributed by atoms with Crippen LogP contribution in [0, 0.1) is 0 Å². The van der Waals surface area contributed by atoms with Crippen molar-refractivity contribution in [1.82, 2.24) is 10.2 Å². The first-order chi connectivity index (χ1) is 9.63. The summed E-state index contributed by atoms with van der Waals surface area (Å²) in [7, 11) is -2.93. The van der Waals surface area contributed by atoms with Crippen LogP contribution in [0.25, 0.3) is 0 Å². The van der Waals surface area contributed by atoms with Crippen molar-refractivity contribution in [3.05, 3.63) is 0 Å². The van der Waals surface area contributed by atoms with Crippen LogP contribution in [0.15, 0.2) is 0 Å². The van der Waals surface area contributed by atoms with Gasteiger partial charge in [-0.3, -0.25) is 4.90 Å². The summed E-state index contributed by atoms with van der Waals surface area (Å²) in [5, 5.41) is 3.28. The van der Waals surface area contributed by atoms with Gasteiger partial charge in [0.15, 0.2) is 9.84 Å². The Morgan fingerprint density at radius 3 is 2.75 bits per heavy atom. The number of hydrogen-bond acceptors (Lipinski definition) is 5. The third-order valence-electron chi connectivity index (χ3n) is 4.14. The number of sulfone groups is 1. The first kappa shape index (κ1) is 16.6. The van der Waals surface area contributed by atoms with Gasteiger partial charge in [-0.1, -0.05) is 13.3 Å². The molecule has 4 nitrogen and oxygen atoms in total. The van der Waals surface area contributed by atoms with E-state index in [0.29, 0.717) is 0 Å². The molecule has 0 spiro atoms. The van der Waals surface area contributed by atoms with Gasteiger partial charge in [-0.25, -0.2) is 8.42 Å². The largest absolute Gasteiger partial charge is 0.314 e. The lowest BCUT2D eigenvalue weighted by molar-refractivity contribution is 0.263. The monoisotopic (exact) mass is 320 g/mol. The topological polar surface area (TPSA) is 49.4 Å². The lowest BCUT2D eigenvalue weighted by Crippen LogP contribution is -2.48. The SMILES string of the molecule is CCS(=O)(=O)C1CSCCN1CCCCCNC1CC1. The normalized spacial score (nSPS) is 24.9. The van der Waals surface area contributed by atoms with Gasteiger partial charge in [0.1, 0.15) is 5.37 Å². The molecule has 2 aliphatic rings. The molecule has 0 radical (unpaired) electrons. The van der Waals surface area contributed by atoms with E-state index >= 15 is 0 Å². The Morgan fingerprint density at radius 2 is 2.05 bits per heavy atom. The molecule has 118 valence electrons. The summed E-state index contributed by atoms with van der Waals surface area (Å²) >= 11 is 1.78. The molecule has 1 atom stereocenters. The Hall–Kier alpha value is 0.220. The number of thioether (sulfide) groups is 1. The number of nitrogens with zero attached hydrogens (tertiary/aromatic N) is 1. The van der Waals surface area contributed by atoms with Crippen LogP contribution in [0.2, 0.25) is 0 Å². The molecular weight excluding hydrogens is 292 g/mol. The van der Waals surface area contributed by atoms with Crippen LogP contribution >= 0.6 is 11.8 Å². The molecule has 1 saturated carbocycles. The first-order valence-corrected chi connectivity index (χ1v) is 10.8. The minimum Gasteiger partial charge on any atom is -0.314 e. The molecule has 0 amide bonds. The maximum atomic E-state index is 12.1. The van der Waals surface area contributed by atoms with E-state index in [0.717, 1.165) is 43.6 Å². The Labute approximate surface area is 128 Å². The Kier molecular flexibility index (Phi) is 6.65. The van der Waals surface area contributed by atoms with Gasteiger partial charge in [0.25, 0.3) is 0 Å². The van der Waals surface area contributed by atoms with Crippen LogP contribution in [0.5, 0.6) is 0 Å². The zero-order chi connectivity index (χ0) is 14.4. The number of nitrogens with one attached hydrogen (secondary N) is 1. The van der Waals surface area contributed by atoms with Crippen LogP contribution in [0.4, 0.5) is 0 Å². The summed E-state index contributed by atoms with van der Waals surface area (Å²) in [4.78, 5) is 2.20. The van der Waals surface area contributed by atoms with E-state index in [1.807, 2.05) is 0 Å². The highest BCUT2D eigenvalue weighted by atomic mass is 32.2. The molecule has 1 aliphatic carbocycles. The third-order valence-corrected chi connectivity index (χ3v) is 7.47. The Morgan fingerprint density at radius 1 is 1.25 bits per heavy atom. The van der Waals surface area contributed by atoms with Gasteiger partial charge in [0.05, 0.1) is 0 Å². The summed E-state index contributed by atoms with van der Waals surface area (Å²) in [6.45, 7) is 4.75. The van der Waals surface area contributed by atoms with E-state index in [1.54, 1.807) is 18.7 Å². The third kappa shape index (κ3) is 5.20. The second kappa shape index (κ2) is 8.01. The molecule has 0 aromatic carbocycles. The molecule has 1 N–H and O–H groups in total. The van der Waals surface area contributed by atoms with Crippen molar-refractivity contribution in [3.63, 3.8) is 0 Å². The van der Waals surface area contributed by atoms with Crippen LogP contribution in [-0.4, -0.2) is 61.6 Å². The van der Waals surface area contributed by atoms with E-state index in [1.165, 1.54) is 25.7 Å². The predicted molar refractivity (Wildman–Crippen MR) is 87.0 cm³/mol. The quantitative estimate of drug-likeness (QED) is 0.656. The fourth-order valence-electron chi connectivity index (χ4n) is 2.60. The zero-order valence-corrected chi connectivity index (χ0v) is 14.1. The summed E-state index contributed by atoms with van der Waals surface area (Å²) in [6.07, 6.45) is 6.23. The van der Waals surface area contributed by atoms with E-state index in [4.69, 9.17) is 0 Å². The lowest BCUT2D eigenvalue weighted by atomic mass is 10.2. The van der Waals surface area contributed by atoms with Gasteiger partial charge in [-0.05, 0) is 38.8 Å². The second-order valence-corrected chi connectivity index (χ2v) is 9.40. The molecule has 0 bridgehead atoms. The van der Waals surface area contributed by atoms with E-state index < -0.39 is 9.84 Å². The molecule has 0 aromatic heterocycles. The molecule has 1 heterocycles. The Balaban J connectivity index is 1.66. The van der Waals surface area contributed by atoms with Crippen molar-refractivity contribution in [2.45, 2.75) is 50.4 Å². The highest BCUT2D eigenvalue weighted by Crippen LogP contribution is 2.22. The lowest BCUT2D eigenvalue weighted by Gasteiger charge is -2.34. The van der Waals surface area contributed by atoms with Crippen molar-refractivity contribution >= 4 is 21.6 Å². The molecule has 0 aromatic rings. The second-order valence-electron chi connectivity index (χ2n) is 5.81. The van der Waals surface area contributed by atoms with Crippen LogP contribution in [-0.2, 0) is 9.84 Å². The van der Waals surface area contributed by atoms with E-state index in [-0.39, 0.29) is 11.1 Å². The smallest absolute Gasteiger partial charge is 0.166 e. The van der Waals surface area contributed by atoms with Crippen molar-refractivity contribution in [2.24, 2.45) is 0 Å². The molecule has 6 heteroatoms. The van der Waals surface area contributed by atoms with Crippen molar-refractivity contribution in [2.75, 3.05) is 36.9 Å². The summed E-state index contributed by atoms with van der Waals surface area (Å²) in [5.74, 6) is 2.08. The maximum Gasteiger partial charge on any atom is 0.166 e. The zero-order valence-electron chi connectivity index (χ0n) is 12.5. The summed E-state index contributed by atoms with van der Waals surface area (Å²) < 4.78 is 24.2. The fraction of sp³-hybridized carbons (Fsp3) is 1.00. The number of unbranched alkanes of at least 4 members (excludes halogenated alkanes) is 2. The average Bonchev–Trinajstić information content (AvgIpc) is 3.27. The van der Waals surface area contributed by atoms with Crippen molar-refractivity contribution in [1.29, 1.82) is 0 Å². The van der Waals surface area contributed by atoms with Gasteiger partial charge >= 0.3 is 0 Å². The maximum absolute atomic E-state index is 12.1. The highest BCUT2D eigenvalue weighted by Gasteiger charge is 2.32. The number of rotatable bonds is 9. The van der Waals surface area contributed by atoms with Crippen molar-refractivity contribution in [3.8, 4) is 0 Å². The first-order valence-electron chi connectivity index (χ1n) is 7.90. The van der Waals surface area contributed by atoms with Gasteiger partial charge in [0, 0.05) is 29.8 Å². The van der Waals surface area contributed by atoms with E-state index in [2.05, 4.69) is 10.2 Å². The molecule has 2 fully saturated rings. The van der Waals surface area contributed by atoms with Gasteiger partial charge in [-0.15, -0.1) is 0 Å². The fourth-order valence-corrected chi connectivity index (χ4v) is 5.72. The molecule has 1 aliphatic heterocycles. The van der Waals surface area contributed by atoms with Gasteiger partial charge in [0.2, 0.25) is 0 Å². The predicted octanol–water partition coefficient (Wildman–Crippen LogP) is 1.72. The Bertz CT molecular complexity index is 383. The van der Waals surface area contributed by atoms with E-state index in [9.17, 15) is 8.42 Å². The molecule has 1 unspecified atom stereocenters. The van der Waals surface area contributed by atoms with Gasteiger partial charge < -0.3 is 5.32 Å². The van der Waals surface area contributed by atoms with Crippen molar-refractivity contribution < 1.29 is 8.42 Å². The standard InChI is InChI=1S/C14H28N2O2S2/c1-2-20(17,18)14-12-19-11-10-16(14)9-5-3-4-8-15-13-6-7-13/h13-15H,2-12H2,1H3. The minimum absolute atomic E-state index is 0.240. The molecule has 20 heavy (non-hydrogen) atoms. The van der Waals surface area contributed by atoms with Crippen LogP contribution < -0.4 is 5.32 Å². The average molecular weight is 321 g/mol. The number of hydrogen-bond donors (Lipinski definition) is 1. The summed E-state index contributed by atoms with van der Waals surface area (Å²) in [6, 6.07) is 0.799. The highest BCUT2D eigenvalue weighted by molar-refractivity contribution is 8.01. The molecule has 1 saturated heterocycles. The molecule has 2 rings (SSSR count). The van der Waals surface area contributed by atoms with Gasteiger partial charge in [-0.2, -0.15) is 11.8 Å². The minimum atomic E-state index is -2.93. The summed E-state index contributed by atoms with van der Waals surface area (Å²) in [5.41, 5.74) is 0.